The van der Waals surface area contributed by atoms with E-state index in [1.165, 1.54) is 12.8 Å². The van der Waals surface area contributed by atoms with Gasteiger partial charge in [0.15, 0.2) is 5.82 Å². The normalized spacial score (nSPS) is 22.0. The predicted octanol–water partition coefficient (Wildman–Crippen LogP) is 3.33. The molecule has 124 valence electrons. The topological polar surface area (TPSA) is 56.3 Å². The fourth-order valence-electron chi connectivity index (χ4n) is 3.21. The van der Waals surface area contributed by atoms with Gasteiger partial charge in [0.1, 0.15) is 12.4 Å². The van der Waals surface area contributed by atoms with Crippen LogP contribution in [0.2, 0.25) is 0 Å². The zero-order valence-corrected chi connectivity index (χ0v) is 14.3. The number of anilines is 1. The lowest BCUT2D eigenvalue weighted by Gasteiger charge is -2.34. The fourth-order valence-corrected chi connectivity index (χ4v) is 3.21. The second kappa shape index (κ2) is 8.44. The lowest BCUT2D eigenvalue weighted by Crippen LogP contribution is -2.38. The number of hydrogen-bond acceptors (Lipinski definition) is 5. The zero-order chi connectivity index (χ0) is 15.9. The Bertz CT molecular complexity index is 463. The van der Waals surface area contributed by atoms with Crippen LogP contribution in [-0.4, -0.2) is 35.8 Å². The molecule has 1 saturated heterocycles. The third-order valence-electron chi connectivity index (χ3n) is 4.42. The number of hydrogen-bond donors (Lipinski definition) is 1. The van der Waals surface area contributed by atoms with Gasteiger partial charge < -0.3 is 14.8 Å². The van der Waals surface area contributed by atoms with Gasteiger partial charge in [-0.3, -0.25) is 0 Å². The van der Waals surface area contributed by atoms with E-state index < -0.39 is 0 Å². The molecule has 1 aromatic rings. The van der Waals surface area contributed by atoms with Crippen LogP contribution in [0.4, 0.5) is 5.82 Å². The summed E-state index contributed by atoms with van der Waals surface area (Å²) in [6.45, 7) is 7.76. The first-order chi connectivity index (χ1) is 10.7. The summed E-state index contributed by atoms with van der Waals surface area (Å²) in [5, 5.41) is 3.57. The highest BCUT2D eigenvalue weighted by Crippen LogP contribution is 2.26. The van der Waals surface area contributed by atoms with Crippen LogP contribution in [0, 0.1) is 12.8 Å². The van der Waals surface area contributed by atoms with E-state index in [0.717, 1.165) is 36.8 Å². The highest BCUT2D eigenvalue weighted by molar-refractivity contribution is 5.37. The Morgan fingerprint density at radius 3 is 2.82 bits per heavy atom. The van der Waals surface area contributed by atoms with E-state index in [4.69, 9.17) is 9.47 Å². The lowest BCUT2D eigenvalue weighted by atomic mass is 9.89. The van der Waals surface area contributed by atoms with Crippen molar-refractivity contribution in [2.75, 3.05) is 19.0 Å². The molecule has 5 nitrogen and oxygen atoms in total. The Hall–Kier alpha value is -1.20. The third-order valence-corrected chi connectivity index (χ3v) is 4.42. The summed E-state index contributed by atoms with van der Waals surface area (Å²) >= 11 is 0. The predicted molar refractivity (Wildman–Crippen MR) is 87.9 cm³/mol. The SMILES string of the molecule is CCC(CC)C1CC(Nc2cc(C)nc(COC)n2)CCO1. The van der Waals surface area contributed by atoms with E-state index in [0.29, 0.717) is 24.7 Å². The van der Waals surface area contributed by atoms with E-state index in [-0.39, 0.29) is 0 Å². The Morgan fingerprint density at radius 2 is 2.14 bits per heavy atom. The molecule has 0 amide bonds. The van der Waals surface area contributed by atoms with Crippen molar-refractivity contribution in [2.45, 2.75) is 65.2 Å². The number of rotatable bonds is 7. The summed E-state index contributed by atoms with van der Waals surface area (Å²) in [5.74, 6) is 2.28. The largest absolute Gasteiger partial charge is 0.378 e. The van der Waals surface area contributed by atoms with Crippen LogP contribution in [0.25, 0.3) is 0 Å². The summed E-state index contributed by atoms with van der Waals surface area (Å²) in [4.78, 5) is 8.93. The molecule has 5 heteroatoms. The molecule has 2 rings (SSSR count). The van der Waals surface area contributed by atoms with Crippen LogP contribution in [0.3, 0.4) is 0 Å². The van der Waals surface area contributed by atoms with E-state index in [2.05, 4.69) is 29.1 Å². The van der Waals surface area contributed by atoms with Crippen LogP contribution in [0.15, 0.2) is 6.07 Å². The molecule has 0 aliphatic carbocycles. The summed E-state index contributed by atoms with van der Waals surface area (Å²) in [7, 11) is 1.66. The van der Waals surface area contributed by atoms with E-state index >= 15 is 0 Å². The average molecular weight is 307 g/mol. The fraction of sp³-hybridized carbons (Fsp3) is 0.765. The third kappa shape index (κ3) is 4.65. The quantitative estimate of drug-likeness (QED) is 0.837. The Labute approximate surface area is 133 Å². The van der Waals surface area contributed by atoms with Gasteiger partial charge in [-0.15, -0.1) is 0 Å². The van der Waals surface area contributed by atoms with Crippen molar-refractivity contribution in [3.63, 3.8) is 0 Å². The Balaban J connectivity index is 2.00. The van der Waals surface area contributed by atoms with Gasteiger partial charge in [-0.05, 0) is 25.7 Å². The summed E-state index contributed by atoms with van der Waals surface area (Å²) in [6, 6.07) is 2.42. The molecule has 0 spiro atoms. The highest BCUT2D eigenvalue weighted by atomic mass is 16.5. The second-order valence-corrected chi connectivity index (χ2v) is 6.10. The minimum Gasteiger partial charge on any atom is -0.378 e. The standard InChI is InChI=1S/C17H29N3O2/c1-5-13(6-2)15-10-14(7-8-22-15)19-16-9-12(3)18-17(20-16)11-21-4/h9,13-15H,5-8,10-11H2,1-4H3,(H,18,19,20). The summed E-state index contributed by atoms with van der Waals surface area (Å²) < 4.78 is 11.1. The minimum atomic E-state index is 0.364. The van der Waals surface area contributed by atoms with Gasteiger partial charge in [0, 0.05) is 31.5 Å². The number of aromatic nitrogens is 2. The highest BCUT2D eigenvalue weighted by Gasteiger charge is 2.27. The van der Waals surface area contributed by atoms with Crippen LogP contribution in [0.5, 0.6) is 0 Å². The van der Waals surface area contributed by atoms with E-state index in [9.17, 15) is 0 Å². The lowest BCUT2D eigenvalue weighted by molar-refractivity contribution is -0.0271. The molecule has 1 aliphatic heterocycles. The van der Waals surface area contributed by atoms with Gasteiger partial charge >= 0.3 is 0 Å². The van der Waals surface area contributed by atoms with Crippen molar-refractivity contribution in [3.05, 3.63) is 17.6 Å². The van der Waals surface area contributed by atoms with Crippen LogP contribution in [0.1, 0.15) is 51.0 Å². The summed E-state index contributed by atoms with van der Waals surface area (Å²) in [6.07, 6.45) is 4.80. The van der Waals surface area contributed by atoms with Crippen molar-refractivity contribution in [1.29, 1.82) is 0 Å². The van der Waals surface area contributed by atoms with Gasteiger partial charge in [-0.1, -0.05) is 26.7 Å². The van der Waals surface area contributed by atoms with Crippen molar-refractivity contribution < 1.29 is 9.47 Å². The zero-order valence-electron chi connectivity index (χ0n) is 14.3. The average Bonchev–Trinajstić information content (AvgIpc) is 2.48. The second-order valence-electron chi connectivity index (χ2n) is 6.10. The van der Waals surface area contributed by atoms with Crippen LogP contribution < -0.4 is 5.32 Å². The van der Waals surface area contributed by atoms with Crippen molar-refractivity contribution in [2.24, 2.45) is 5.92 Å². The van der Waals surface area contributed by atoms with Gasteiger partial charge in [-0.2, -0.15) is 0 Å². The molecule has 2 atom stereocenters. The first-order valence-electron chi connectivity index (χ1n) is 8.37. The number of nitrogens with zero attached hydrogens (tertiary/aromatic N) is 2. The van der Waals surface area contributed by atoms with E-state index in [1.807, 2.05) is 13.0 Å². The number of nitrogens with one attached hydrogen (secondary N) is 1. The molecule has 0 aromatic carbocycles. The Kier molecular flexibility index (Phi) is 6.58. The molecular formula is C17H29N3O2. The number of ether oxygens (including phenoxy) is 2. The van der Waals surface area contributed by atoms with Gasteiger partial charge in [-0.25, -0.2) is 9.97 Å². The monoisotopic (exact) mass is 307 g/mol. The molecular weight excluding hydrogens is 278 g/mol. The van der Waals surface area contributed by atoms with Crippen molar-refractivity contribution >= 4 is 5.82 Å². The molecule has 0 bridgehead atoms. The molecule has 0 saturated carbocycles. The molecule has 1 aliphatic rings. The first-order valence-corrected chi connectivity index (χ1v) is 8.37. The van der Waals surface area contributed by atoms with Crippen LogP contribution >= 0.6 is 0 Å². The Morgan fingerprint density at radius 1 is 1.36 bits per heavy atom. The maximum atomic E-state index is 5.98. The van der Waals surface area contributed by atoms with E-state index in [1.54, 1.807) is 7.11 Å². The molecule has 1 aromatic heterocycles. The van der Waals surface area contributed by atoms with Crippen molar-refractivity contribution in [1.82, 2.24) is 9.97 Å². The van der Waals surface area contributed by atoms with Gasteiger partial charge in [0.05, 0.1) is 6.10 Å². The molecule has 0 radical (unpaired) electrons. The first kappa shape index (κ1) is 17.2. The number of aryl methyl sites for hydroxylation is 1. The molecule has 1 N–H and O–H groups in total. The molecule has 22 heavy (non-hydrogen) atoms. The van der Waals surface area contributed by atoms with Gasteiger partial charge in [0.2, 0.25) is 0 Å². The maximum Gasteiger partial charge on any atom is 0.156 e. The number of methoxy groups -OCH3 is 1. The summed E-state index contributed by atoms with van der Waals surface area (Å²) in [5.41, 5.74) is 0.966. The maximum absolute atomic E-state index is 5.98. The molecule has 2 heterocycles. The van der Waals surface area contributed by atoms with Crippen molar-refractivity contribution in [3.8, 4) is 0 Å². The minimum absolute atomic E-state index is 0.364. The molecule has 1 fully saturated rings. The van der Waals surface area contributed by atoms with Gasteiger partial charge in [0.25, 0.3) is 0 Å². The smallest absolute Gasteiger partial charge is 0.156 e. The molecule has 2 unspecified atom stereocenters. The van der Waals surface area contributed by atoms with Crippen LogP contribution in [-0.2, 0) is 16.1 Å².